The molecule has 0 rings (SSSR count). The molecule has 0 fully saturated rings. The van der Waals surface area contributed by atoms with Crippen molar-refractivity contribution < 1.29 is 19.1 Å². The van der Waals surface area contributed by atoms with Crippen molar-refractivity contribution in [3.05, 3.63) is 12.2 Å². The van der Waals surface area contributed by atoms with Gasteiger partial charge in [-0.3, -0.25) is 5.41 Å². The van der Waals surface area contributed by atoms with Gasteiger partial charge in [0.05, 0.1) is 0 Å². The van der Waals surface area contributed by atoms with Crippen molar-refractivity contribution in [1.29, 1.82) is 5.41 Å². The van der Waals surface area contributed by atoms with E-state index in [4.69, 9.17) is 26.4 Å². The number of nitrogens with one attached hydrogen (secondary N) is 2. The summed E-state index contributed by atoms with van der Waals surface area (Å²) in [6.07, 6.45) is 2.60. The van der Waals surface area contributed by atoms with E-state index in [2.05, 4.69) is 5.32 Å². The van der Waals surface area contributed by atoms with Gasteiger partial charge in [-0.05, 0) is 47.6 Å². The van der Waals surface area contributed by atoms with Crippen LogP contribution in [0.1, 0.15) is 41.5 Å². The Morgan fingerprint density at radius 3 is 1.74 bits per heavy atom. The van der Waals surface area contributed by atoms with Crippen molar-refractivity contribution in [3.63, 3.8) is 0 Å². The predicted molar refractivity (Wildman–Crippen MR) is 87.7 cm³/mol. The lowest BCUT2D eigenvalue weighted by atomic mass is 9.99. The van der Waals surface area contributed by atoms with E-state index in [1.807, 2.05) is 0 Å². The van der Waals surface area contributed by atoms with Crippen LogP contribution in [0.15, 0.2) is 12.2 Å². The number of hydrogen-bond donors (Lipinski definition) is 4. The van der Waals surface area contributed by atoms with Crippen molar-refractivity contribution in [1.82, 2.24) is 5.32 Å². The lowest BCUT2D eigenvalue weighted by molar-refractivity contribution is -0.173. The second-order valence-electron chi connectivity index (χ2n) is 7.07. The third kappa shape index (κ3) is 8.20. The van der Waals surface area contributed by atoms with Crippen LogP contribution in [0, 0.1) is 5.41 Å². The topological polar surface area (TPSA) is 141 Å². The summed E-state index contributed by atoms with van der Waals surface area (Å²) in [4.78, 5) is 24.7. The smallest absolute Gasteiger partial charge is 0.342 e. The summed E-state index contributed by atoms with van der Waals surface area (Å²) in [6.45, 7) is 10.1. The Morgan fingerprint density at radius 2 is 1.43 bits per heavy atom. The highest BCUT2D eigenvalue weighted by Gasteiger charge is 2.46. The number of rotatable bonds is 5. The molecule has 0 bridgehead atoms. The maximum Gasteiger partial charge on any atom is 0.342 e. The fraction of sp³-hybridized carbons (Fsp3) is 0.667. The predicted octanol–water partition coefficient (Wildman–Crippen LogP) is 0.407. The molecule has 0 aromatic carbocycles. The van der Waals surface area contributed by atoms with E-state index >= 15 is 0 Å². The number of carbonyl (C=O) groups is 2. The van der Waals surface area contributed by atoms with E-state index in [9.17, 15) is 9.59 Å². The zero-order valence-electron chi connectivity index (χ0n) is 14.6. The van der Waals surface area contributed by atoms with Crippen molar-refractivity contribution in [2.24, 2.45) is 11.5 Å². The molecule has 8 nitrogen and oxygen atoms in total. The van der Waals surface area contributed by atoms with Gasteiger partial charge >= 0.3 is 11.9 Å². The number of hydrogen-bond acceptors (Lipinski definition) is 6. The molecule has 132 valence electrons. The number of ether oxygens (including phenoxy) is 2. The largest absolute Gasteiger partial charge is 0.458 e. The van der Waals surface area contributed by atoms with E-state index in [0.717, 1.165) is 0 Å². The van der Waals surface area contributed by atoms with Crippen molar-refractivity contribution >= 4 is 17.9 Å². The first-order valence-electron chi connectivity index (χ1n) is 7.19. The first-order valence-corrected chi connectivity index (χ1v) is 7.19. The Morgan fingerprint density at radius 1 is 1.04 bits per heavy atom. The molecule has 0 aromatic rings. The molecule has 0 amide bonds. The first-order chi connectivity index (χ1) is 10.2. The monoisotopic (exact) mass is 328 g/mol. The lowest BCUT2D eigenvalue weighted by Crippen LogP contribution is -2.57. The van der Waals surface area contributed by atoms with E-state index in [0.29, 0.717) is 0 Å². The van der Waals surface area contributed by atoms with Gasteiger partial charge in [-0.1, -0.05) is 6.08 Å². The van der Waals surface area contributed by atoms with Crippen LogP contribution < -0.4 is 16.8 Å². The van der Waals surface area contributed by atoms with E-state index in [-0.39, 0.29) is 12.5 Å². The lowest BCUT2D eigenvalue weighted by Gasteiger charge is -2.30. The number of nitrogens with two attached hydrogens (primary N) is 2. The minimum Gasteiger partial charge on any atom is -0.458 e. The van der Waals surface area contributed by atoms with Crippen molar-refractivity contribution in [2.75, 3.05) is 6.54 Å². The maximum absolute atomic E-state index is 12.3. The SMILES string of the molecule is CC(C)(C)OC(=O)C(N)(/C=C/CNC(=N)N)C(=O)OC(C)(C)C. The second kappa shape index (κ2) is 7.45. The Kier molecular flexibility index (Phi) is 6.77. The van der Waals surface area contributed by atoms with Gasteiger partial charge in [-0.15, -0.1) is 0 Å². The standard InChI is InChI=1S/C15H28N4O4/c1-13(2,3)22-10(20)15(18,8-7-9-19-12(16)17)11(21)23-14(4,5)6/h7-8H,9,18H2,1-6H3,(H4,16,17,19)/b8-7+. The summed E-state index contributed by atoms with van der Waals surface area (Å²) in [5.41, 5.74) is 7.41. The minimum absolute atomic E-state index is 0.125. The third-order valence-corrected chi connectivity index (χ3v) is 2.26. The number of esters is 2. The van der Waals surface area contributed by atoms with Crippen LogP contribution in [0.4, 0.5) is 0 Å². The van der Waals surface area contributed by atoms with Crippen LogP contribution in [-0.4, -0.2) is 41.2 Å². The molecule has 0 saturated heterocycles. The highest BCUT2D eigenvalue weighted by atomic mass is 16.6. The zero-order valence-corrected chi connectivity index (χ0v) is 14.6. The fourth-order valence-electron chi connectivity index (χ4n) is 1.36. The average Bonchev–Trinajstić information content (AvgIpc) is 2.29. The third-order valence-electron chi connectivity index (χ3n) is 2.26. The van der Waals surface area contributed by atoms with Gasteiger partial charge in [0.15, 0.2) is 5.96 Å². The first kappa shape index (κ1) is 20.9. The molecule has 6 N–H and O–H groups in total. The van der Waals surface area contributed by atoms with Crippen molar-refractivity contribution in [3.8, 4) is 0 Å². The molecule has 0 aromatic heterocycles. The normalized spacial score (nSPS) is 12.8. The average molecular weight is 328 g/mol. The summed E-state index contributed by atoms with van der Waals surface area (Å²) in [7, 11) is 0. The Labute approximate surface area is 137 Å². The Hall–Kier alpha value is -2.09. The summed E-state index contributed by atoms with van der Waals surface area (Å²) in [6, 6.07) is 0. The molecule has 0 aliphatic rings. The molecule has 0 saturated carbocycles. The van der Waals surface area contributed by atoms with Gasteiger partial charge in [-0.25, -0.2) is 9.59 Å². The molecule has 0 spiro atoms. The molecular formula is C15H28N4O4. The number of carbonyl (C=O) groups excluding carboxylic acids is 2. The Bertz CT molecular complexity index is 459. The molecule has 0 aliphatic heterocycles. The molecule has 0 radical (unpaired) electrons. The highest BCUT2D eigenvalue weighted by molar-refractivity contribution is 6.07. The summed E-state index contributed by atoms with van der Waals surface area (Å²) in [5.74, 6) is -2.08. The molecule has 0 heterocycles. The van der Waals surface area contributed by atoms with E-state index in [1.54, 1.807) is 41.5 Å². The van der Waals surface area contributed by atoms with Gasteiger partial charge in [0.2, 0.25) is 5.54 Å². The minimum atomic E-state index is -2.08. The molecule has 0 unspecified atom stereocenters. The highest BCUT2D eigenvalue weighted by Crippen LogP contribution is 2.19. The molecule has 23 heavy (non-hydrogen) atoms. The molecule has 0 aliphatic carbocycles. The Balaban J connectivity index is 5.38. The summed E-state index contributed by atoms with van der Waals surface area (Å²) in [5, 5.41) is 9.56. The summed E-state index contributed by atoms with van der Waals surface area (Å²) < 4.78 is 10.4. The van der Waals surface area contributed by atoms with Crippen LogP contribution in [-0.2, 0) is 19.1 Å². The van der Waals surface area contributed by atoms with Gasteiger partial charge in [0.25, 0.3) is 0 Å². The zero-order chi connectivity index (χ0) is 18.5. The van der Waals surface area contributed by atoms with Gasteiger partial charge in [-0.2, -0.15) is 0 Å². The molecular weight excluding hydrogens is 300 g/mol. The fourth-order valence-corrected chi connectivity index (χ4v) is 1.36. The molecule has 8 heteroatoms. The van der Waals surface area contributed by atoms with Crippen LogP contribution in [0.3, 0.4) is 0 Å². The van der Waals surface area contributed by atoms with Gasteiger partial charge in [0.1, 0.15) is 11.2 Å². The van der Waals surface area contributed by atoms with Crippen LogP contribution in [0.2, 0.25) is 0 Å². The second-order valence-corrected chi connectivity index (χ2v) is 7.07. The molecule has 0 atom stereocenters. The van der Waals surface area contributed by atoms with Gasteiger partial charge in [0, 0.05) is 6.54 Å². The number of guanidine groups is 1. The van der Waals surface area contributed by atoms with Crippen molar-refractivity contribution in [2.45, 2.75) is 58.3 Å². The quantitative estimate of drug-likeness (QED) is 0.188. The van der Waals surface area contributed by atoms with Crippen LogP contribution in [0.5, 0.6) is 0 Å². The van der Waals surface area contributed by atoms with E-state index < -0.39 is 28.7 Å². The van der Waals surface area contributed by atoms with E-state index in [1.165, 1.54) is 12.2 Å². The van der Waals surface area contributed by atoms with Gasteiger partial charge < -0.3 is 26.3 Å². The summed E-state index contributed by atoms with van der Waals surface area (Å²) >= 11 is 0. The van der Waals surface area contributed by atoms with Crippen LogP contribution >= 0.6 is 0 Å². The van der Waals surface area contributed by atoms with Crippen LogP contribution in [0.25, 0.3) is 0 Å². The maximum atomic E-state index is 12.3.